The highest BCUT2D eigenvalue weighted by Gasteiger charge is 2.23. The van der Waals surface area contributed by atoms with Gasteiger partial charge in [-0.05, 0) is 39.1 Å². The van der Waals surface area contributed by atoms with Crippen LogP contribution in [0.4, 0.5) is 0 Å². The Morgan fingerprint density at radius 2 is 1.77 bits per heavy atom. The van der Waals surface area contributed by atoms with Gasteiger partial charge < -0.3 is 10.2 Å². The van der Waals surface area contributed by atoms with E-state index in [2.05, 4.69) is 21.2 Å². The van der Waals surface area contributed by atoms with E-state index in [-0.39, 0.29) is 17.4 Å². The molecule has 2 amide bonds. The molecule has 1 N–H and O–H groups in total. The number of hydrogen-bond acceptors (Lipinski definition) is 5. The Balaban J connectivity index is 1.73. The molecule has 6 nitrogen and oxygen atoms in total. The van der Waals surface area contributed by atoms with Gasteiger partial charge in [-0.15, -0.1) is 11.3 Å². The summed E-state index contributed by atoms with van der Waals surface area (Å²) in [6, 6.07) is 4.09. The van der Waals surface area contributed by atoms with Gasteiger partial charge in [0, 0.05) is 43.1 Å². The lowest BCUT2D eigenvalue weighted by atomic mass is 10.1. The highest BCUT2D eigenvalue weighted by Crippen LogP contribution is 2.12. The van der Waals surface area contributed by atoms with Crippen molar-refractivity contribution in [3.05, 3.63) is 22.4 Å². The number of carbonyl (C=O) groups is 2. The van der Waals surface area contributed by atoms with Crippen molar-refractivity contribution in [3.63, 3.8) is 0 Å². The van der Waals surface area contributed by atoms with Crippen molar-refractivity contribution < 1.29 is 9.59 Å². The average Bonchev–Trinajstić information content (AvgIpc) is 3.05. The van der Waals surface area contributed by atoms with Gasteiger partial charge in [-0.25, -0.2) is 0 Å². The zero-order chi connectivity index (χ0) is 19.2. The molecule has 1 saturated heterocycles. The summed E-state index contributed by atoms with van der Waals surface area (Å²) in [5.41, 5.74) is -0.197. The van der Waals surface area contributed by atoms with Crippen molar-refractivity contribution in [2.75, 3.05) is 45.8 Å². The second-order valence-electron chi connectivity index (χ2n) is 7.84. The second-order valence-corrected chi connectivity index (χ2v) is 8.87. The van der Waals surface area contributed by atoms with Gasteiger partial charge in [-0.3, -0.25) is 19.4 Å². The Morgan fingerprint density at radius 1 is 1.15 bits per heavy atom. The summed E-state index contributed by atoms with van der Waals surface area (Å²) in [6.45, 7) is 13.6. The molecule has 0 spiro atoms. The van der Waals surface area contributed by atoms with Gasteiger partial charge in [-0.1, -0.05) is 6.07 Å². The Bertz CT molecular complexity index is 575. The van der Waals surface area contributed by atoms with Crippen molar-refractivity contribution in [2.45, 2.75) is 39.8 Å². The number of piperazine rings is 1. The first-order valence-corrected chi connectivity index (χ1v) is 10.2. The van der Waals surface area contributed by atoms with E-state index in [4.69, 9.17) is 0 Å². The molecule has 0 aromatic carbocycles. The van der Waals surface area contributed by atoms with Gasteiger partial charge in [0.2, 0.25) is 11.8 Å². The van der Waals surface area contributed by atoms with Crippen LogP contribution in [0.2, 0.25) is 0 Å². The van der Waals surface area contributed by atoms with E-state index in [1.807, 2.05) is 44.0 Å². The van der Waals surface area contributed by atoms with Crippen LogP contribution in [0.5, 0.6) is 0 Å². The third-order valence-electron chi connectivity index (χ3n) is 4.37. The highest BCUT2D eigenvalue weighted by molar-refractivity contribution is 7.09. The number of rotatable bonds is 7. The molecule has 0 aliphatic carbocycles. The quantitative estimate of drug-likeness (QED) is 0.781. The van der Waals surface area contributed by atoms with Crippen LogP contribution < -0.4 is 5.32 Å². The first-order valence-electron chi connectivity index (χ1n) is 9.32. The summed E-state index contributed by atoms with van der Waals surface area (Å²) >= 11 is 1.69. The SMILES string of the molecule is CCN(Cc1cccs1)C(=O)CN1CCN(CC(=O)NC(C)(C)C)CC1. The Kier molecular flexibility index (Phi) is 7.61. The van der Waals surface area contributed by atoms with Crippen LogP contribution >= 0.6 is 11.3 Å². The normalized spacial score (nSPS) is 16.5. The van der Waals surface area contributed by atoms with Crippen LogP contribution in [0.15, 0.2) is 17.5 Å². The maximum Gasteiger partial charge on any atom is 0.237 e. The van der Waals surface area contributed by atoms with Crippen LogP contribution in [0.1, 0.15) is 32.6 Å². The minimum Gasteiger partial charge on any atom is -0.350 e. The minimum atomic E-state index is -0.197. The zero-order valence-electron chi connectivity index (χ0n) is 16.5. The number of thiophene rings is 1. The fraction of sp³-hybridized carbons (Fsp3) is 0.684. The zero-order valence-corrected chi connectivity index (χ0v) is 17.3. The summed E-state index contributed by atoms with van der Waals surface area (Å²) < 4.78 is 0. The minimum absolute atomic E-state index is 0.0649. The maximum atomic E-state index is 12.6. The number of likely N-dealkylation sites (N-methyl/N-ethyl adjacent to an activating group) is 1. The Hall–Kier alpha value is -1.44. The first-order chi connectivity index (χ1) is 12.3. The van der Waals surface area contributed by atoms with Crippen LogP contribution in [0, 0.1) is 0 Å². The standard InChI is InChI=1S/C19H32N4O2S/c1-5-23(13-16-7-6-12-26-16)18(25)15-22-10-8-21(9-11-22)14-17(24)20-19(2,3)4/h6-7,12H,5,8-11,13-15H2,1-4H3,(H,20,24). The monoisotopic (exact) mass is 380 g/mol. The van der Waals surface area contributed by atoms with E-state index >= 15 is 0 Å². The number of nitrogens with one attached hydrogen (secondary N) is 1. The fourth-order valence-corrected chi connectivity index (χ4v) is 3.74. The molecule has 0 radical (unpaired) electrons. The van der Waals surface area contributed by atoms with E-state index in [9.17, 15) is 9.59 Å². The van der Waals surface area contributed by atoms with Gasteiger partial charge in [0.05, 0.1) is 19.6 Å². The molecule has 0 bridgehead atoms. The lowest BCUT2D eigenvalue weighted by Crippen LogP contribution is -2.53. The predicted octanol–water partition coefficient (Wildman–Crippen LogP) is 1.63. The van der Waals surface area contributed by atoms with Crippen molar-refractivity contribution in [3.8, 4) is 0 Å². The highest BCUT2D eigenvalue weighted by atomic mass is 32.1. The molecule has 26 heavy (non-hydrogen) atoms. The smallest absolute Gasteiger partial charge is 0.237 e. The summed E-state index contributed by atoms with van der Waals surface area (Å²) in [6.07, 6.45) is 0. The molecule has 1 fully saturated rings. The van der Waals surface area contributed by atoms with Crippen molar-refractivity contribution in [2.24, 2.45) is 0 Å². The molecule has 146 valence electrons. The molecule has 1 aliphatic rings. The molecule has 7 heteroatoms. The summed E-state index contributed by atoms with van der Waals surface area (Å²) in [4.78, 5) is 32.1. The van der Waals surface area contributed by atoms with E-state index in [1.165, 1.54) is 4.88 Å². The molecule has 0 saturated carbocycles. The number of nitrogens with zero attached hydrogens (tertiary/aromatic N) is 3. The average molecular weight is 381 g/mol. The fourth-order valence-electron chi connectivity index (χ4n) is 3.02. The van der Waals surface area contributed by atoms with Gasteiger partial charge in [-0.2, -0.15) is 0 Å². The molecule has 1 aromatic heterocycles. The van der Waals surface area contributed by atoms with Crippen molar-refractivity contribution >= 4 is 23.2 Å². The van der Waals surface area contributed by atoms with E-state index in [1.54, 1.807) is 11.3 Å². The molecule has 1 aliphatic heterocycles. The maximum absolute atomic E-state index is 12.6. The molecule has 2 heterocycles. The summed E-state index contributed by atoms with van der Waals surface area (Å²) in [7, 11) is 0. The topological polar surface area (TPSA) is 55.9 Å². The lowest BCUT2D eigenvalue weighted by molar-refractivity contribution is -0.133. The largest absolute Gasteiger partial charge is 0.350 e. The van der Waals surface area contributed by atoms with Gasteiger partial charge in [0.25, 0.3) is 0 Å². The Morgan fingerprint density at radius 3 is 2.27 bits per heavy atom. The molecule has 0 atom stereocenters. The predicted molar refractivity (Wildman–Crippen MR) is 106 cm³/mol. The molecule has 1 aromatic rings. The van der Waals surface area contributed by atoms with Crippen LogP contribution in [0.3, 0.4) is 0 Å². The first kappa shape index (κ1) is 20.9. The van der Waals surface area contributed by atoms with Gasteiger partial charge >= 0.3 is 0 Å². The molecule has 0 unspecified atom stereocenters. The van der Waals surface area contributed by atoms with Crippen LogP contribution in [0.25, 0.3) is 0 Å². The van der Waals surface area contributed by atoms with Gasteiger partial charge in [0.1, 0.15) is 0 Å². The summed E-state index contributed by atoms with van der Waals surface area (Å²) in [5, 5.41) is 5.04. The van der Waals surface area contributed by atoms with Crippen LogP contribution in [-0.4, -0.2) is 77.9 Å². The van der Waals surface area contributed by atoms with E-state index in [0.717, 1.165) is 32.7 Å². The second kappa shape index (κ2) is 9.48. The molecular formula is C19H32N4O2S. The van der Waals surface area contributed by atoms with Crippen molar-refractivity contribution in [1.29, 1.82) is 0 Å². The molecule has 2 rings (SSSR count). The molecular weight excluding hydrogens is 348 g/mol. The summed E-state index contributed by atoms with van der Waals surface area (Å²) in [5.74, 6) is 0.245. The third kappa shape index (κ3) is 7.05. The Labute approximate surface area is 161 Å². The lowest BCUT2D eigenvalue weighted by Gasteiger charge is -2.35. The van der Waals surface area contributed by atoms with Crippen molar-refractivity contribution in [1.82, 2.24) is 20.0 Å². The van der Waals surface area contributed by atoms with Gasteiger partial charge in [0.15, 0.2) is 0 Å². The van der Waals surface area contributed by atoms with E-state index < -0.39 is 0 Å². The third-order valence-corrected chi connectivity index (χ3v) is 5.23. The van der Waals surface area contributed by atoms with E-state index in [0.29, 0.717) is 19.6 Å². The van der Waals surface area contributed by atoms with Crippen LogP contribution in [-0.2, 0) is 16.1 Å². The number of carbonyl (C=O) groups excluding carboxylic acids is 2. The number of hydrogen-bond donors (Lipinski definition) is 1. The number of amides is 2.